The average Bonchev–Trinajstić information content (AvgIpc) is 3.52. The lowest BCUT2D eigenvalue weighted by molar-refractivity contribution is -0.286. The molecule has 1 amide bonds. The van der Waals surface area contributed by atoms with Crippen LogP contribution < -0.4 is 14.8 Å². The molecule has 2 N–H and O–H groups in total. The minimum atomic E-state index is -3.73. The van der Waals surface area contributed by atoms with Crippen LogP contribution in [0.15, 0.2) is 48.7 Å². The zero-order valence-corrected chi connectivity index (χ0v) is 17.3. The zero-order valence-electron chi connectivity index (χ0n) is 17.3. The number of halogens is 2. The molecule has 1 aromatic heterocycles. The molecule has 3 aromatic rings. The fraction of sp³-hybridized carbons (Fsp3) is 0.217. The lowest BCUT2D eigenvalue weighted by Crippen LogP contribution is -2.28. The summed E-state index contributed by atoms with van der Waals surface area (Å²) >= 11 is 0. The first-order chi connectivity index (χ1) is 15.7. The number of nitrogens with zero attached hydrogens (tertiary/aromatic N) is 2. The number of fused-ring (bicyclic) bond motifs is 1. The van der Waals surface area contributed by atoms with Gasteiger partial charge in [0.05, 0.1) is 16.7 Å². The van der Waals surface area contributed by atoms with E-state index in [1.54, 1.807) is 31.3 Å². The minimum Gasteiger partial charge on any atom is -0.478 e. The Labute approximate surface area is 186 Å². The Morgan fingerprint density at radius 1 is 1.06 bits per heavy atom. The van der Waals surface area contributed by atoms with Gasteiger partial charge in [0.15, 0.2) is 11.5 Å². The van der Waals surface area contributed by atoms with Crippen LogP contribution in [0.2, 0.25) is 0 Å². The minimum absolute atomic E-state index is 0.0830. The molecule has 168 valence electrons. The zero-order chi connectivity index (χ0) is 23.4. The van der Waals surface area contributed by atoms with Gasteiger partial charge in [0.2, 0.25) is 11.9 Å². The fourth-order valence-electron chi connectivity index (χ4n) is 3.80. The number of carboxylic acid groups (broad SMARTS) is 1. The molecule has 8 nitrogen and oxygen atoms in total. The highest BCUT2D eigenvalue weighted by Gasteiger charge is 2.53. The van der Waals surface area contributed by atoms with Gasteiger partial charge in [-0.2, -0.15) is 0 Å². The van der Waals surface area contributed by atoms with Crippen LogP contribution in [0.25, 0.3) is 11.3 Å². The number of hydrogen-bond acceptors (Lipinski definition) is 6. The first-order valence-electron chi connectivity index (χ1n) is 10.1. The van der Waals surface area contributed by atoms with Gasteiger partial charge in [-0.15, -0.1) is 8.78 Å². The van der Waals surface area contributed by atoms with Crippen LogP contribution in [0.3, 0.4) is 0 Å². The van der Waals surface area contributed by atoms with E-state index in [1.165, 1.54) is 24.3 Å². The number of aromatic carboxylic acids is 1. The molecule has 2 heterocycles. The van der Waals surface area contributed by atoms with Crippen LogP contribution in [0.1, 0.15) is 34.3 Å². The first-order valence-corrected chi connectivity index (χ1v) is 10.1. The molecule has 0 saturated heterocycles. The number of carboxylic acids is 1. The van der Waals surface area contributed by atoms with Crippen molar-refractivity contribution in [2.75, 3.05) is 5.32 Å². The van der Waals surface area contributed by atoms with Crippen LogP contribution in [-0.4, -0.2) is 33.2 Å². The molecule has 1 aliphatic carbocycles. The normalized spacial score (nSPS) is 16.8. The molecule has 0 atom stereocenters. The lowest BCUT2D eigenvalue weighted by atomic mass is 9.94. The van der Waals surface area contributed by atoms with Crippen LogP contribution in [0.4, 0.5) is 14.7 Å². The Kier molecular flexibility index (Phi) is 4.55. The van der Waals surface area contributed by atoms with Gasteiger partial charge in [-0.25, -0.2) is 14.8 Å². The number of rotatable bonds is 5. The second-order valence-electron chi connectivity index (χ2n) is 7.97. The molecule has 2 aromatic carbocycles. The number of nitrogens with one attached hydrogen (secondary N) is 1. The average molecular weight is 453 g/mol. The number of carbonyl (C=O) groups excluding carboxylic acids is 1. The molecule has 10 heteroatoms. The van der Waals surface area contributed by atoms with E-state index in [1.807, 2.05) is 0 Å². The van der Waals surface area contributed by atoms with E-state index in [0.717, 1.165) is 5.56 Å². The number of alkyl halides is 2. The number of aromatic nitrogens is 2. The topological polar surface area (TPSA) is 111 Å². The second-order valence-corrected chi connectivity index (χ2v) is 7.97. The van der Waals surface area contributed by atoms with Crippen molar-refractivity contribution >= 4 is 17.8 Å². The number of carbonyl (C=O) groups is 2. The smallest absolute Gasteiger partial charge is 0.478 e. The summed E-state index contributed by atoms with van der Waals surface area (Å²) in [6.07, 6.45) is -1.10. The van der Waals surface area contributed by atoms with Gasteiger partial charge in [-0.05, 0) is 55.2 Å². The molecule has 2 aliphatic rings. The molecule has 0 radical (unpaired) electrons. The summed E-state index contributed by atoms with van der Waals surface area (Å²) in [6.45, 7) is 1.80. The van der Waals surface area contributed by atoms with Gasteiger partial charge < -0.3 is 14.6 Å². The second kappa shape index (κ2) is 7.22. The predicted octanol–water partition coefficient (Wildman–Crippen LogP) is 4.14. The van der Waals surface area contributed by atoms with E-state index < -0.39 is 17.7 Å². The first kappa shape index (κ1) is 20.8. The van der Waals surface area contributed by atoms with Crippen LogP contribution in [-0.2, 0) is 10.2 Å². The third kappa shape index (κ3) is 3.73. The molecule has 33 heavy (non-hydrogen) atoms. The van der Waals surface area contributed by atoms with Crippen molar-refractivity contribution in [1.82, 2.24) is 9.97 Å². The van der Waals surface area contributed by atoms with E-state index >= 15 is 0 Å². The highest BCUT2D eigenvalue weighted by Crippen LogP contribution is 2.52. The summed E-state index contributed by atoms with van der Waals surface area (Å²) in [5.74, 6) is -1.50. The maximum Gasteiger partial charge on any atom is 0.586 e. The maximum atomic E-state index is 13.3. The van der Waals surface area contributed by atoms with Gasteiger partial charge in [-0.1, -0.05) is 18.2 Å². The van der Waals surface area contributed by atoms with Crippen molar-refractivity contribution in [3.05, 3.63) is 65.4 Å². The molecule has 1 saturated carbocycles. The molecule has 0 bridgehead atoms. The summed E-state index contributed by atoms with van der Waals surface area (Å²) in [6, 6.07) is 10.5. The van der Waals surface area contributed by atoms with Crippen molar-refractivity contribution in [1.29, 1.82) is 0 Å². The standard InChI is InChI=1S/C23H17F2N3O5/c1-12-11-26-21(27-18(12)13-2-4-14(5-3-13)19(29)30)28-20(31)22(8-9-22)15-6-7-16-17(10-15)33-23(24,25)32-16/h2-7,10-11H,8-9H2,1H3,(H,29,30)(H,26,27,28,31). The van der Waals surface area contributed by atoms with Gasteiger partial charge in [0.25, 0.3) is 0 Å². The molecule has 0 spiro atoms. The maximum absolute atomic E-state index is 13.3. The van der Waals surface area contributed by atoms with Crippen LogP contribution in [0, 0.1) is 6.92 Å². The van der Waals surface area contributed by atoms with Gasteiger partial charge in [0.1, 0.15) is 0 Å². The Bertz CT molecular complexity index is 1290. The highest BCUT2D eigenvalue weighted by molar-refractivity contribution is 6.00. The number of aryl methyl sites for hydroxylation is 1. The summed E-state index contributed by atoms with van der Waals surface area (Å²) in [7, 11) is 0. The van der Waals surface area contributed by atoms with Crippen molar-refractivity contribution in [2.45, 2.75) is 31.5 Å². The van der Waals surface area contributed by atoms with Crippen molar-refractivity contribution < 1.29 is 33.0 Å². The molecular formula is C23H17F2N3O5. The molecular weight excluding hydrogens is 436 g/mol. The third-order valence-electron chi connectivity index (χ3n) is 5.74. The largest absolute Gasteiger partial charge is 0.586 e. The van der Waals surface area contributed by atoms with E-state index in [9.17, 15) is 18.4 Å². The molecule has 0 unspecified atom stereocenters. The Morgan fingerprint density at radius 2 is 1.76 bits per heavy atom. The number of ether oxygens (including phenoxy) is 2. The Hall–Kier alpha value is -4.08. The van der Waals surface area contributed by atoms with Crippen LogP contribution in [0.5, 0.6) is 11.5 Å². The molecule has 1 fully saturated rings. The number of hydrogen-bond donors (Lipinski definition) is 2. The van der Waals surface area contributed by atoms with Gasteiger partial charge in [0, 0.05) is 11.8 Å². The van der Waals surface area contributed by atoms with Gasteiger partial charge >= 0.3 is 12.3 Å². The highest BCUT2D eigenvalue weighted by atomic mass is 19.3. The van der Waals surface area contributed by atoms with Crippen LogP contribution >= 0.6 is 0 Å². The number of benzene rings is 2. The molecule has 1 aliphatic heterocycles. The molecule has 5 rings (SSSR count). The third-order valence-corrected chi connectivity index (χ3v) is 5.74. The fourth-order valence-corrected chi connectivity index (χ4v) is 3.80. The summed E-state index contributed by atoms with van der Waals surface area (Å²) < 4.78 is 35.6. The van der Waals surface area contributed by atoms with E-state index in [0.29, 0.717) is 29.7 Å². The van der Waals surface area contributed by atoms with Gasteiger partial charge in [-0.3, -0.25) is 10.1 Å². The lowest BCUT2D eigenvalue weighted by Gasteiger charge is -2.16. The summed E-state index contributed by atoms with van der Waals surface area (Å²) in [4.78, 5) is 32.8. The summed E-state index contributed by atoms with van der Waals surface area (Å²) in [5, 5.41) is 11.8. The SMILES string of the molecule is Cc1cnc(NC(=O)C2(c3ccc4c(c3)OC(F)(F)O4)CC2)nc1-c1ccc(C(=O)O)cc1. The summed E-state index contributed by atoms with van der Waals surface area (Å²) in [5.41, 5.74) is 1.76. The van der Waals surface area contributed by atoms with Crippen molar-refractivity contribution in [2.24, 2.45) is 0 Å². The Morgan fingerprint density at radius 3 is 2.42 bits per heavy atom. The Balaban J connectivity index is 1.38. The van der Waals surface area contributed by atoms with E-state index in [4.69, 9.17) is 5.11 Å². The van der Waals surface area contributed by atoms with Crippen molar-refractivity contribution in [3.63, 3.8) is 0 Å². The van der Waals surface area contributed by atoms with E-state index in [2.05, 4.69) is 24.8 Å². The van der Waals surface area contributed by atoms with Crippen molar-refractivity contribution in [3.8, 4) is 22.8 Å². The number of anilines is 1. The van der Waals surface area contributed by atoms with E-state index in [-0.39, 0.29) is 28.9 Å². The monoisotopic (exact) mass is 453 g/mol. The number of amides is 1. The quantitative estimate of drug-likeness (QED) is 0.597. The predicted molar refractivity (Wildman–Crippen MR) is 111 cm³/mol.